The van der Waals surface area contributed by atoms with E-state index < -0.39 is 5.91 Å². The maximum atomic E-state index is 12.1. The Balaban J connectivity index is 1.16. The summed E-state index contributed by atoms with van der Waals surface area (Å²) in [5.41, 5.74) is 0. The number of halogens is 1. The van der Waals surface area contributed by atoms with Crippen molar-refractivity contribution in [2.45, 2.75) is 6.54 Å². The van der Waals surface area contributed by atoms with Crippen LogP contribution in [0.3, 0.4) is 0 Å². The van der Waals surface area contributed by atoms with Crippen molar-refractivity contribution in [3.8, 4) is 5.75 Å². The predicted octanol–water partition coefficient (Wildman–Crippen LogP) is 2.05. The first kappa shape index (κ1) is 21.3. The van der Waals surface area contributed by atoms with Gasteiger partial charge >= 0.3 is 11.8 Å². The fraction of sp³-hybridized carbons (Fsp3) is 0.190. The Morgan fingerprint density at radius 2 is 1.91 bits per heavy atom. The molecule has 0 spiro atoms. The van der Waals surface area contributed by atoms with Crippen molar-refractivity contribution in [1.29, 1.82) is 0 Å². The number of benzene rings is 2. The van der Waals surface area contributed by atoms with Crippen molar-refractivity contribution < 1.29 is 18.8 Å². The number of amides is 2. The molecule has 0 saturated carbocycles. The van der Waals surface area contributed by atoms with Crippen molar-refractivity contribution in [1.82, 2.24) is 30.6 Å². The molecule has 2 heterocycles. The number of carbonyl (C=O) groups excluding carboxylic acids is 2. The number of hydrogen-bond donors (Lipinski definition) is 2. The standard InChI is InChI=1S/C21H19ClN6O4/c22-16-10-25-28(11-16)12-18-26-21(32-27-18)20(30)24-8-7-23-19(29)13-31-17-6-5-14-3-1-2-4-15(14)9-17/h1-6,9-11H,7-8,12-13H2,(H,23,29)(H,24,30). The van der Waals surface area contributed by atoms with E-state index in [2.05, 4.69) is 25.9 Å². The largest absolute Gasteiger partial charge is 0.484 e. The molecule has 0 fully saturated rings. The van der Waals surface area contributed by atoms with Gasteiger partial charge in [-0.05, 0) is 22.9 Å². The second-order valence-corrected chi connectivity index (χ2v) is 7.21. The number of ether oxygens (including phenoxy) is 1. The molecule has 11 heteroatoms. The maximum absolute atomic E-state index is 12.1. The fourth-order valence-electron chi connectivity index (χ4n) is 2.89. The van der Waals surface area contributed by atoms with E-state index in [1.165, 1.54) is 10.9 Å². The van der Waals surface area contributed by atoms with Gasteiger partial charge in [-0.1, -0.05) is 47.1 Å². The van der Waals surface area contributed by atoms with Gasteiger partial charge in [0.05, 0.1) is 11.2 Å². The second kappa shape index (κ2) is 9.92. The van der Waals surface area contributed by atoms with Crippen LogP contribution in [0.2, 0.25) is 5.02 Å². The number of nitrogens with one attached hydrogen (secondary N) is 2. The van der Waals surface area contributed by atoms with Crippen LogP contribution in [0.4, 0.5) is 0 Å². The lowest BCUT2D eigenvalue weighted by atomic mass is 10.1. The van der Waals surface area contributed by atoms with E-state index in [-0.39, 0.29) is 43.9 Å². The monoisotopic (exact) mass is 454 g/mol. The summed E-state index contributed by atoms with van der Waals surface area (Å²) in [6, 6.07) is 13.5. The van der Waals surface area contributed by atoms with Crippen LogP contribution in [0, 0.1) is 0 Å². The van der Waals surface area contributed by atoms with Gasteiger partial charge in [-0.2, -0.15) is 10.1 Å². The SMILES string of the molecule is O=C(COc1ccc2ccccc2c1)NCCNC(=O)c1nc(Cn2cc(Cl)cn2)no1. The highest BCUT2D eigenvalue weighted by atomic mass is 35.5. The number of hydrogen-bond acceptors (Lipinski definition) is 7. The molecule has 0 aliphatic carbocycles. The molecule has 2 aromatic carbocycles. The molecule has 32 heavy (non-hydrogen) atoms. The highest BCUT2D eigenvalue weighted by molar-refractivity contribution is 6.30. The van der Waals surface area contributed by atoms with Gasteiger partial charge in [0.1, 0.15) is 12.3 Å². The molecular weight excluding hydrogens is 436 g/mol. The molecule has 164 valence electrons. The smallest absolute Gasteiger partial charge is 0.316 e. The number of aromatic nitrogens is 4. The average molecular weight is 455 g/mol. The molecule has 0 aliphatic rings. The molecule has 0 bridgehead atoms. The summed E-state index contributed by atoms with van der Waals surface area (Å²) in [5.74, 6) is -0.121. The van der Waals surface area contributed by atoms with Crippen LogP contribution in [-0.4, -0.2) is 51.4 Å². The average Bonchev–Trinajstić information content (AvgIpc) is 3.44. The van der Waals surface area contributed by atoms with Crippen LogP contribution >= 0.6 is 11.6 Å². The Kier molecular flexibility index (Phi) is 6.61. The van der Waals surface area contributed by atoms with Crippen LogP contribution in [0.25, 0.3) is 10.8 Å². The van der Waals surface area contributed by atoms with E-state index in [9.17, 15) is 9.59 Å². The fourth-order valence-corrected chi connectivity index (χ4v) is 3.05. The lowest BCUT2D eigenvalue weighted by Crippen LogP contribution is -2.36. The maximum Gasteiger partial charge on any atom is 0.316 e. The van der Waals surface area contributed by atoms with E-state index in [1.54, 1.807) is 6.20 Å². The lowest BCUT2D eigenvalue weighted by molar-refractivity contribution is -0.123. The first-order chi connectivity index (χ1) is 15.6. The number of carbonyl (C=O) groups is 2. The number of rotatable bonds is 9. The summed E-state index contributed by atoms with van der Waals surface area (Å²) in [7, 11) is 0. The normalized spacial score (nSPS) is 10.8. The third-order valence-electron chi connectivity index (χ3n) is 4.39. The van der Waals surface area contributed by atoms with E-state index in [1.807, 2.05) is 42.5 Å². The minimum atomic E-state index is -0.538. The molecule has 2 amide bonds. The van der Waals surface area contributed by atoms with E-state index in [4.69, 9.17) is 20.9 Å². The summed E-state index contributed by atoms with van der Waals surface area (Å²) in [6.45, 7) is 0.499. The van der Waals surface area contributed by atoms with Gasteiger partial charge in [-0.15, -0.1) is 0 Å². The molecule has 0 unspecified atom stereocenters. The number of fused-ring (bicyclic) bond motifs is 1. The zero-order valence-electron chi connectivity index (χ0n) is 16.8. The minimum absolute atomic E-state index is 0.128. The molecule has 4 aromatic rings. The Hall–Kier alpha value is -3.92. The molecule has 0 saturated heterocycles. The third kappa shape index (κ3) is 5.61. The van der Waals surface area contributed by atoms with Gasteiger partial charge in [-0.25, -0.2) is 0 Å². The van der Waals surface area contributed by atoms with Crippen molar-refractivity contribution in [3.63, 3.8) is 0 Å². The highest BCUT2D eigenvalue weighted by Gasteiger charge is 2.15. The molecule has 2 aromatic heterocycles. The molecule has 10 nitrogen and oxygen atoms in total. The van der Waals surface area contributed by atoms with Crippen LogP contribution in [0.15, 0.2) is 59.4 Å². The van der Waals surface area contributed by atoms with E-state index >= 15 is 0 Å². The molecule has 0 radical (unpaired) electrons. The van der Waals surface area contributed by atoms with Crippen molar-refractivity contribution in [2.24, 2.45) is 0 Å². The molecule has 4 rings (SSSR count). The second-order valence-electron chi connectivity index (χ2n) is 6.78. The summed E-state index contributed by atoms with van der Waals surface area (Å²) >= 11 is 5.80. The Morgan fingerprint density at radius 3 is 2.72 bits per heavy atom. The van der Waals surface area contributed by atoms with Gasteiger partial charge < -0.3 is 19.9 Å². The van der Waals surface area contributed by atoms with Gasteiger partial charge in [0, 0.05) is 19.3 Å². The highest BCUT2D eigenvalue weighted by Crippen LogP contribution is 2.20. The first-order valence-electron chi connectivity index (χ1n) is 9.74. The van der Waals surface area contributed by atoms with E-state index in [0.717, 1.165) is 10.8 Å². The third-order valence-corrected chi connectivity index (χ3v) is 4.59. The molecule has 0 aliphatic heterocycles. The van der Waals surface area contributed by atoms with Gasteiger partial charge in [0.25, 0.3) is 5.91 Å². The molecule has 0 atom stereocenters. The molecule has 2 N–H and O–H groups in total. The Morgan fingerprint density at radius 1 is 1.09 bits per heavy atom. The predicted molar refractivity (Wildman–Crippen MR) is 115 cm³/mol. The minimum Gasteiger partial charge on any atom is -0.484 e. The summed E-state index contributed by atoms with van der Waals surface area (Å²) in [5, 5.41) is 15.6. The van der Waals surface area contributed by atoms with Crippen molar-refractivity contribution in [2.75, 3.05) is 19.7 Å². The summed E-state index contributed by atoms with van der Waals surface area (Å²) in [6.07, 6.45) is 3.08. The van der Waals surface area contributed by atoms with Crippen LogP contribution < -0.4 is 15.4 Å². The summed E-state index contributed by atoms with van der Waals surface area (Å²) in [4.78, 5) is 28.1. The Labute approximate surface area is 187 Å². The number of nitrogens with zero attached hydrogens (tertiary/aromatic N) is 4. The van der Waals surface area contributed by atoms with Gasteiger partial charge in [0.2, 0.25) is 0 Å². The van der Waals surface area contributed by atoms with E-state index in [0.29, 0.717) is 10.8 Å². The lowest BCUT2D eigenvalue weighted by Gasteiger charge is -2.08. The van der Waals surface area contributed by atoms with Gasteiger partial charge in [0.15, 0.2) is 12.4 Å². The van der Waals surface area contributed by atoms with Crippen molar-refractivity contribution in [3.05, 3.63) is 71.6 Å². The first-order valence-corrected chi connectivity index (χ1v) is 10.1. The van der Waals surface area contributed by atoms with Crippen LogP contribution in [0.5, 0.6) is 5.75 Å². The van der Waals surface area contributed by atoms with Crippen LogP contribution in [-0.2, 0) is 11.3 Å². The molecular formula is C21H19ClN6O4. The summed E-state index contributed by atoms with van der Waals surface area (Å²) < 4.78 is 12.0. The zero-order chi connectivity index (χ0) is 22.3. The quantitative estimate of drug-likeness (QED) is 0.371. The van der Waals surface area contributed by atoms with Gasteiger partial charge in [-0.3, -0.25) is 14.3 Å². The van der Waals surface area contributed by atoms with Crippen molar-refractivity contribution >= 4 is 34.2 Å². The zero-order valence-corrected chi connectivity index (χ0v) is 17.6. The van der Waals surface area contributed by atoms with Crippen LogP contribution in [0.1, 0.15) is 16.5 Å². The topological polar surface area (TPSA) is 124 Å². The Bertz CT molecular complexity index is 1240.